The first-order valence-electron chi connectivity index (χ1n) is 9.58. The maximum Gasteiger partial charge on any atom is 0.281 e. The monoisotopic (exact) mass is 469 g/mol. The molecule has 9 heteroatoms. The lowest BCUT2D eigenvalue weighted by molar-refractivity contribution is -0.384. The third kappa shape index (κ3) is 2.92. The van der Waals surface area contributed by atoms with Crippen LogP contribution in [0.15, 0.2) is 56.5 Å². The number of carbonyl (C=O) groups excluding carboxylic acids is 2. The van der Waals surface area contributed by atoms with Gasteiger partial charge in [0.05, 0.1) is 28.5 Å². The molecule has 8 nitrogen and oxygen atoms in total. The molecule has 1 aromatic heterocycles. The molecule has 1 aliphatic heterocycles. The van der Waals surface area contributed by atoms with Gasteiger partial charge in [-0.2, -0.15) is 10.1 Å². The largest absolute Gasteiger partial charge is 0.455 e. The third-order valence-corrected chi connectivity index (χ3v) is 6.58. The lowest BCUT2D eigenvalue weighted by Gasteiger charge is -2.37. The highest BCUT2D eigenvalue weighted by Crippen LogP contribution is 2.49. The first kappa shape index (κ1) is 18.9. The van der Waals surface area contributed by atoms with E-state index in [0.29, 0.717) is 21.6 Å². The molecule has 2 heterocycles. The van der Waals surface area contributed by atoms with Gasteiger partial charge in [-0.25, -0.2) is 0 Å². The van der Waals surface area contributed by atoms with Crippen molar-refractivity contribution in [2.24, 2.45) is 28.8 Å². The van der Waals surface area contributed by atoms with Gasteiger partial charge in [0.1, 0.15) is 11.5 Å². The van der Waals surface area contributed by atoms with Crippen molar-refractivity contribution < 1.29 is 18.9 Å². The number of allylic oxidation sites excluding steroid dienone is 2. The van der Waals surface area contributed by atoms with E-state index in [9.17, 15) is 19.7 Å². The van der Waals surface area contributed by atoms with Gasteiger partial charge in [0.15, 0.2) is 0 Å². The molecule has 0 N–H and O–H groups in total. The number of halogens is 1. The lowest BCUT2D eigenvalue weighted by atomic mass is 9.63. The predicted molar refractivity (Wildman–Crippen MR) is 110 cm³/mol. The molecule has 1 saturated heterocycles. The standard InChI is InChI=1S/C21H16BrN3O5/c22-13-5-7-15(16(9-13)25(28)29)17-8-6-14(30-17)10-23-24-20(26)18-11-1-2-12(4-3-11)19(18)21(24)27/h1-2,5-12,18-19H,3-4H2/b23-10-/t11-,12+,18-,19+. The second-order valence-corrected chi connectivity index (χ2v) is 8.61. The van der Waals surface area contributed by atoms with Crippen LogP contribution in [0.25, 0.3) is 11.3 Å². The molecule has 1 saturated carbocycles. The fraction of sp³-hybridized carbons (Fsp3) is 0.286. The number of rotatable bonds is 4. The second kappa shape index (κ2) is 7.02. The minimum atomic E-state index is -0.484. The highest BCUT2D eigenvalue weighted by atomic mass is 79.9. The van der Waals surface area contributed by atoms with Gasteiger partial charge < -0.3 is 4.42 Å². The molecule has 4 atom stereocenters. The maximum atomic E-state index is 12.8. The molecule has 3 aliphatic carbocycles. The Morgan fingerprint density at radius 1 is 1.10 bits per heavy atom. The van der Waals surface area contributed by atoms with E-state index >= 15 is 0 Å². The molecular formula is C21H16BrN3O5. The number of imide groups is 1. The van der Waals surface area contributed by atoms with Crippen molar-refractivity contribution in [1.82, 2.24) is 5.01 Å². The van der Waals surface area contributed by atoms with Crippen LogP contribution < -0.4 is 0 Å². The lowest BCUT2D eigenvalue weighted by Crippen LogP contribution is -2.38. The van der Waals surface area contributed by atoms with Gasteiger partial charge in [0, 0.05) is 10.5 Å². The van der Waals surface area contributed by atoms with Gasteiger partial charge in [-0.15, -0.1) is 0 Å². The van der Waals surface area contributed by atoms with E-state index in [2.05, 4.69) is 33.2 Å². The molecule has 2 aromatic rings. The summed E-state index contributed by atoms with van der Waals surface area (Å²) in [6.45, 7) is 0. The molecule has 30 heavy (non-hydrogen) atoms. The van der Waals surface area contributed by atoms with Crippen molar-refractivity contribution in [2.75, 3.05) is 0 Å². The zero-order valence-corrected chi connectivity index (χ0v) is 17.2. The predicted octanol–water partition coefficient (Wildman–Crippen LogP) is 4.15. The minimum Gasteiger partial charge on any atom is -0.455 e. The highest BCUT2D eigenvalue weighted by molar-refractivity contribution is 9.10. The zero-order valence-electron chi connectivity index (χ0n) is 15.6. The van der Waals surface area contributed by atoms with Gasteiger partial charge in [-0.05, 0) is 48.9 Å². The van der Waals surface area contributed by atoms with Crippen molar-refractivity contribution in [1.29, 1.82) is 0 Å². The summed E-state index contributed by atoms with van der Waals surface area (Å²) in [4.78, 5) is 36.4. The average Bonchev–Trinajstić information content (AvgIpc) is 3.31. The first-order chi connectivity index (χ1) is 14.4. The maximum absolute atomic E-state index is 12.8. The molecular weight excluding hydrogens is 454 g/mol. The molecule has 4 aliphatic rings. The van der Waals surface area contributed by atoms with E-state index in [1.54, 1.807) is 24.3 Å². The Hall–Kier alpha value is -3.07. The van der Waals surface area contributed by atoms with Crippen molar-refractivity contribution in [3.63, 3.8) is 0 Å². The molecule has 2 bridgehead atoms. The summed E-state index contributed by atoms with van der Waals surface area (Å²) in [7, 11) is 0. The Kier molecular flexibility index (Phi) is 4.43. The quantitative estimate of drug-likeness (QED) is 0.220. The number of amides is 2. The number of hydrazone groups is 1. The van der Waals surface area contributed by atoms with Crippen LogP contribution >= 0.6 is 15.9 Å². The minimum absolute atomic E-state index is 0.0980. The smallest absolute Gasteiger partial charge is 0.281 e. The number of furan rings is 1. The molecule has 152 valence electrons. The van der Waals surface area contributed by atoms with Gasteiger partial charge in [0.2, 0.25) is 0 Å². The van der Waals surface area contributed by atoms with Crippen LogP contribution in [0.2, 0.25) is 0 Å². The van der Waals surface area contributed by atoms with Gasteiger partial charge in [0.25, 0.3) is 17.5 Å². The summed E-state index contributed by atoms with van der Waals surface area (Å²) in [6, 6.07) is 7.85. The van der Waals surface area contributed by atoms with E-state index < -0.39 is 4.92 Å². The molecule has 0 unspecified atom stereocenters. The summed E-state index contributed by atoms with van der Waals surface area (Å²) in [5.74, 6) is -0.391. The second-order valence-electron chi connectivity index (χ2n) is 7.69. The van der Waals surface area contributed by atoms with Crippen LogP contribution in [0.3, 0.4) is 0 Å². The van der Waals surface area contributed by atoms with E-state index in [1.165, 1.54) is 12.3 Å². The van der Waals surface area contributed by atoms with E-state index in [4.69, 9.17) is 4.42 Å². The van der Waals surface area contributed by atoms with E-state index in [0.717, 1.165) is 17.9 Å². The normalized spacial score (nSPS) is 27.3. The summed E-state index contributed by atoms with van der Waals surface area (Å²) < 4.78 is 6.26. The summed E-state index contributed by atoms with van der Waals surface area (Å²) >= 11 is 3.22. The number of nitro benzene ring substituents is 1. The average molecular weight is 470 g/mol. The fourth-order valence-electron chi connectivity index (χ4n) is 4.72. The van der Waals surface area contributed by atoms with Crippen LogP contribution in [-0.2, 0) is 9.59 Å². The van der Waals surface area contributed by atoms with Crippen LogP contribution in [0.4, 0.5) is 5.69 Å². The first-order valence-corrected chi connectivity index (χ1v) is 10.4. The Labute approximate surface area is 179 Å². The number of carbonyl (C=O) groups is 2. The Bertz CT molecular complexity index is 1110. The van der Waals surface area contributed by atoms with Crippen molar-refractivity contribution in [2.45, 2.75) is 12.8 Å². The van der Waals surface area contributed by atoms with Crippen molar-refractivity contribution >= 4 is 39.6 Å². The van der Waals surface area contributed by atoms with Crippen LogP contribution in [-0.4, -0.2) is 28.0 Å². The molecule has 6 rings (SSSR count). The topological polar surface area (TPSA) is 106 Å². The fourth-order valence-corrected chi connectivity index (χ4v) is 5.07. The van der Waals surface area contributed by atoms with Crippen LogP contribution in [0, 0.1) is 33.8 Å². The molecule has 2 amide bonds. The summed E-state index contributed by atoms with van der Waals surface area (Å²) in [5, 5.41) is 16.4. The Morgan fingerprint density at radius 2 is 1.77 bits per heavy atom. The molecule has 0 spiro atoms. The molecule has 0 radical (unpaired) electrons. The molecule has 1 aromatic carbocycles. The van der Waals surface area contributed by atoms with Gasteiger partial charge >= 0.3 is 0 Å². The number of nitro groups is 1. The zero-order chi connectivity index (χ0) is 21.0. The number of fused-ring (bicyclic) bond motifs is 1. The summed E-state index contributed by atoms with van der Waals surface area (Å²) in [5.41, 5.74) is 0.226. The number of hydrogen-bond acceptors (Lipinski definition) is 6. The van der Waals surface area contributed by atoms with E-state index in [1.807, 2.05) is 0 Å². The van der Waals surface area contributed by atoms with Crippen LogP contribution in [0.5, 0.6) is 0 Å². The van der Waals surface area contributed by atoms with Crippen molar-refractivity contribution in [3.05, 3.63) is 62.8 Å². The SMILES string of the molecule is O=C1[C@@H]2[C@H](C(=O)N1/N=C\c1ccc(-c3ccc(Br)cc3[N+](=O)[O-])o1)[C@@H]1C=C[C@H]2CC1. The Balaban J connectivity index is 1.40. The molecule has 2 fully saturated rings. The Morgan fingerprint density at radius 3 is 2.37 bits per heavy atom. The highest BCUT2D eigenvalue weighted by Gasteiger charge is 2.56. The van der Waals surface area contributed by atoms with Gasteiger partial charge in [-0.3, -0.25) is 19.7 Å². The van der Waals surface area contributed by atoms with Gasteiger partial charge in [-0.1, -0.05) is 28.1 Å². The number of benzene rings is 1. The van der Waals surface area contributed by atoms with E-state index in [-0.39, 0.29) is 41.2 Å². The van der Waals surface area contributed by atoms with Crippen LogP contribution in [0.1, 0.15) is 18.6 Å². The summed E-state index contributed by atoms with van der Waals surface area (Å²) in [6.07, 6.45) is 7.25. The third-order valence-electron chi connectivity index (χ3n) is 6.09. The number of nitrogens with zero attached hydrogens (tertiary/aromatic N) is 3. The number of hydrogen-bond donors (Lipinski definition) is 0. The van der Waals surface area contributed by atoms with Crippen molar-refractivity contribution in [3.8, 4) is 11.3 Å².